The van der Waals surface area contributed by atoms with Gasteiger partial charge in [0, 0.05) is 24.5 Å². The average Bonchev–Trinajstić information content (AvgIpc) is 2.39. The summed E-state index contributed by atoms with van der Waals surface area (Å²) in [4.78, 5) is 2.49. The van der Waals surface area contributed by atoms with E-state index in [1.54, 1.807) is 7.11 Å². The molecule has 2 rings (SSSR count). The van der Waals surface area contributed by atoms with Crippen molar-refractivity contribution in [2.75, 3.05) is 26.1 Å². The zero-order valence-electron chi connectivity index (χ0n) is 11.3. The third-order valence-electron chi connectivity index (χ3n) is 3.65. The van der Waals surface area contributed by atoms with Crippen LogP contribution in [0.5, 0.6) is 5.75 Å². The molecule has 0 aliphatic carbocycles. The SMILES string of the molecule is COc1ccc(C)cc1CN1CCCC(CCl)C1. The Hall–Kier alpha value is -0.730. The maximum atomic E-state index is 5.98. The minimum absolute atomic E-state index is 0.649. The van der Waals surface area contributed by atoms with Crippen LogP contribution in [0.4, 0.5) is 0 Å². The van der Waals surface area contributed by atoms with Crippen LogP contribution in [0.1, 0.15) is 24.0 Å². The molecule has 0 radical (unpaired) electrons. The van der Waals surface area contributed by atoms with Crippen molar-refractivity contribution >= 4 is 11.6 Å². The number of ether oxygens (including phenoxy) is 1. The first-order valence-electron chi connectivity index (χ1n) is 6.64. The average molecular weight is 268 g/mol. The zero-order chi connectivity index (χ0) is 13.0. The van der Waals surface area contributed by atoms with Gasteiger partial charge in [0.15, 0.2) is 0 Å². The normalized spacial score (nSPS) is 20.9. The van der Waals surface area contributed by atoms with Crippen molar-refractivity contribution in [2.45, 2.75) is 26.3 Å². The van der Waals surface area contributed by atoms with E-state index < -0.39 is 0 Å². The van der Waals surface area contributed by atoms with E-state index in [-0.39, 0.29) is 0 Å². The van der Waals surface area contributed by atoms with Gasteiger partial charge in [0.2, 0.25) is 0 Å². The Kier molecular flexibility index (Phi) is 4.90. The van der Waals surface area contributed by atoms with E-state index in [9.17, 15) is 0 Å². The Morgan fingerprint density at radius 2 is 2.28 bits per heavy atom. The maximum Gasteiger partial charge on any atom is 0.123 e. The second-order valence-corrected chi connectivity index (χ2v) is 5.52. The molecule has 1 fully saturated rings. The molecule has 1 unspecified atom stereocenters. The predicted octanol–water partition coefficient (Wildman–Crippen LogP) is 3.45. The molecule has 1 aliphatic heterocycles. The molecule has 1 aromatic rings. The van der Waals surface area contributed by atoms with Crippen LogP contribution in [0.3, 0.4) is 0 Å². The van der Waals surface area contributed by atoms with Gasteiger partial charge in [-0.25, -0.2) is 0 Å². The van der Waals surface area contributed by atoms with Crippen LogP contribution in [0.25, 0.3) is 0 Å². The number of hydrogen-bond donors (Lipinski definition) is 0. The van der Waals surface area contributed by atoms with Gasteiger partial charge in [-0.2, -0.15) is 0 Å². The van der Waals surface area contributed by atoms with Crippen LogP contribution in [0, 0.1) is 12.8 Å². The standard InChI is InChI=1S/C15H22ClNO/c1-12-5-6-15(18-2)14(8-12)11-17-7-3-4-13(9-16)10-17/h5-6,8,13H,3-4,7,9-11H2,1-2H3. The van der Waals surface area contributed by atoms with Crippen LogP contribution >= 0.6 is 11.6 Å². The largest absolute Gasteiger partial charge is 0.496 e. The zero-order valence-corrected chi connectivity index (χ0v) is 12.0. The summed E-state index contributed by atoms with van der Waals surface area (Å²) in [6, 6.07) is 6.39. The van der Waals surface area contributed by atoms with Crippen molar-refractivity contribution in [3.8, 4) is 5.75 Å². The first-order chi connectivity index (χ1) is 8.72. The fourth-order valence-corrected chi connectivity index (χ4v) is 2.94. The van der Waals surface area contributed by atoms with Crippen molar-refractivity contribution in [1.29, 1.82) is 0 Å². The van der Waals surface area contributed by atoms with Gasteiger partial charge in [0.1, 0.15) is 5.75 Å². The van der Waals surface area contributed by atoms with E-state index in [4.69, 9.17) is 16.3 Å². The Morgan fingerprint density at radius 1 is 1.44 bits per heavy atom. The lowest BCUT2D eigenvalue weighted by Gasteiger charge is -2.32. The molecule has 3 heteroatoms. The Bertz CT molecular complexity index is 394. The number of rotatable bonds is 4. The van der Waals surface area contributed by atoms with Gasteiger partial charge in [-0.05, 0) is 38.3 Å². The highest BCUT2D eigenvalue weighted by molar-refractivity contribution is 6.18. The summed E-state index contributed by atoms with van der Waals surface area (Å²) in [5, 5.41) is 0. The lowest BCUT2D eigenvalue weighted by Crippen LogP contribution is -2.35. The van der Waals surface area contributed by atoms with Crippen molar-refractivity contribution in [1.82, 2.24) is 4.90 Å². The number of hydrogen-bond acceptors (Lipinski definition) is 2. The van der Waals surface area contributed by atoms with E-state index in [0.29, 0.717) is 5.92 Å². The number of nitrogens with zero attached hydrogens (tertiary/aromatic N) is 1. The number of aryl methyl sites for hydroxylation is 1. The Morgan fingerprint density at radius 3 is 3.00 bits per heavy atom. The van der Waals surface area contributed by atoms with Crippen molar-refractivity contribution in [3.05, 3.63) is 29.3 Å². The Balaban J connectivity index is 2.06. The molecule has 100 valence electrons. The van der Waals surface area contributed by atoms with Crippen LogP contribution < -0.4 is 4.74 Å². The van der Waals surface area contributed by atoms with Crippen molar-refractivity contribution in [3.63, 3.8) is 0 Å². The van der Waals surface area contributed by atoms with E-state index in [2.05, 4.69) is 30.0 Å². The topological polar surface area (TPSA) is 12.5 Å². The van der Waals surface area contributed by atoms with E-state index in [0.717, 1.165) is 24.7 Å². The smallest absolute Gasteiger partial charge is 0.123 e. The van der Waals surface area contributed by atoms with Gasteiger partial charge in [0.05, 0.1) is 7.11 Å². The molecule has 0 spiro atoms. The number of piperidine rings is 1. The minimum atomic E-state index is 0.649. The molecule has 1 atom stereocenters. The maximum absolute atomic E-state index is 5.98. The molecule has 0 aromatic heterocycles. The molecule has 18 heavy (non-hydrogen) atoms. The molecular weight excluding hydrogens is 246 g/mol. The van der Waals surface area contributed by atoms with E-state index in [1.165, 1.54) is 30.5 Å². The van der Waals surface area contributed by atoms with Gasteiger partial charge in [-0.15, -0.1) is 11.6 Å². The molecule has 1 aliphatic rings. The lowest BCUT2D eigenvalue weighted by atomic mass is 9.99. The molecule has 1 heterocycles. The third kappa shape index (κ3) is 3.39. The highest BCUT2D eigenvalue weighted by Gasteiger charge is 2.20. The van der Waals surface area contributed by atoms with E-state index >= 15 is 0 Å². The molecule has 0 amide bonds. The van der Waals surface area contributed by atoms with Crippen molar-refractivity contribution < 1.29 is 4.74 Å². The molecule has 2 nitrogen and oxygen atoms in total. The number of alkyl halides is 1. The van der Waals surface area contributed by atoms with Gasteiger partial charge >= 0.3 is 0 Å². The number of halogens is 1. The minimum Gasteiger partial charge on any atom is -0.496 e. The molecular formula is C15H22ClNO. The van der Waals surface area contributed by atoms with Crippen LogP contribution in [0.15, 0.2) is 18.2 Å². The van der Waals surface area contributed by atoms with Crippen molar-refractivity contribution in [2.24, 2.45) is 5.92 Å². The molecule has 0 bridgehead atoms. The predicted molar refractivity (Wildman–Crippen MR) is 76.5 cm³/mol. The first kappa shape index (κ1) is 13.7. The number of benzene rings is 1. The summed E-state index contributed by atoms with van der Waals surface area (Å²) in [7, 11) is 1.74. The monoisotopic (exact) mass is 267 g/mol. The summed E-state index contributed by atoms with van der Waals surface area (Å²) < 4.78 is 5.44. The third-order valence-corrected chi connectivity index (χ3v) is 4.09. The lowest BCUT2D eigenvalue weighted by molar-refractivity contribution is 0.176. The van der Waals surface area contributed by atoms with Gasteiger partial charge in [0.25, 0.3) is 0 Å². The number of likely N-dealkylation sites (tertiary alicyclic amines) is 1. The van der Waals surface area contributed by atoms with Gasteiger partial charge < -0.3 is 4.74 Å². The summed E-state index contributed by atoms with van der Waals surface area (Å²) >= 11 is 5.98. The summed E-state index contributed by atoms with van der Waals surface area (Å²) in [6.07, 6.45) is 2.52. The quantitative estimate of drug-likeness (QED) is 0.775. The molecule has 0 saturated carbocycles. The fraction of sp³-hybridized carbons (Fsp3) is 0.600. The highest BCUT2D eigenvalue weighted by atomic mass is 35.5. The summed E-state index contributed by atoms with van der Waals surface area (Å²) in [5.41, 5.74) is 2.57. The summed E-state index contributed by atoms with van der Waals surface area (Å²) in [5.74, 6) is 2.42. The van der Waals surface area contributed by atoms with Crippen LogP contribution in [-0.2, 0) is 6.54 Å². The summed E-state index contributed by atoms with van der Waals surface area (Å²) in [6.45, 7) is 5.38. The Labute approximate surface area is 115 Å². The second-order valence-electron chi connectivity index (χ2n) is 5.21. The molecule has 1 saturated heterocycles. The highest BCUT2D eigenvalue weighted by Crippen LogP contribution is 2.24. The van der Waals surface area contributed by atoms with Crippen LogP contribution in [-0.4, -0.2) is 31.0 Å². The van der Waals surface area contributed by atoms with Gasteiger partial charge in [-0.1, -0.05) is 17.7 Å². The number of methoxy groups -OCH3 is 1. The molecule has 1 aromatic carbocycles. The van der Waals surface area contributed by atoms with Crippen LogP contribution in [0.2, 0.25) is 0 Å². The fourth-order valence-electron chi connectivity index (χ4n) is 2.69. The van der Waals surface area contributed by atoms with Gasteiger partial charge in [-0.3, -0.25) is 4.90 Å². The van der Waals surface area contributed by atoms with E-state index in [1.807, 2.05) is 0 Å². The second kappa shape index (κ2) is 6.44. The molecule has 0 N–H and O–H groups in total. The first-order valence-corrected chi connectivity index (χ1v) is 7.18.